The first kappa shape index (κ1) is 15.2. The van der Waals surface area contributed by atoms with Crippen molar-refractivity contribution in [1.82, 2.24) is 0 Å². The molecular formula is C18H28BNO4. The lowest BCUT2D eigenvalue weighted by molar-refractivity contribution is -0.852. The Labute approximate surface area is 143 Å². The maximum atomic E-state index is 12.4. The number of quaternary nitrogens is 1. The molecule has 6 fully saturated rings. The predicted octanol–water partition coefficient (Wildman–Crippen LogP) is 2.34. The standard InChI is InChI=1S/C18H28BNO4/c1-10-5-14(10)19-20(8-16(21)23-19,9-17(22)24-19)15-7-12-6-13(11(15)2)18(12,3)4/h10-15H,5-9H2,1-4H3/t10-,11+,12?,13?,14-,15-,19?,20?/m1/s1. The second kappa shape index (κ2) is 4.20. The average molecular weight is 333 g/mol. The van der Waals surface area contributed by atoms with E-state index in [4.69, 9.17) is 9.31 Å². The molecule has 2 bridgehead atoms. The Kier molecular flexibility index (Phi) is 2.66. The lowest BCUT2D eigenvalue weighted by Gasteiger charge is -2.66. The van der Waals surface area contributed by atoms with Gasteiger partial charge in [-0.05, 0) is 35.9 Å². The lowest BCUT2D eigenvalue weighted by atomic mass is 9.43. The van der Waals surface area contributed by atoms with E-state index in [0.29, 0.717) is 52.6 Å². The first-order valence-electron chi connectivity index (χ1n) is 9.66. The molecule has 24 heavy (non-hydrogen) atoms. The van der Waals surface area contributed by atoms with Crippen LogP contribution in [-0.2, 0) is 18.9 Å². The summed E-state index contributed by atoms with van der Waals surface area (Å²) in [5, 5.41) is 0. The van der Waals surface area contributed by atoms with Gasteiger partial charge in [-0.3, -0.25) is 9.59 Å². The van der Waals surface area contributed by atoms with Crippen molar-refractivity contribution in [2.45, 2.75) is 58.8 Å². The first-order chi connectivity index (χ1) is 11.2. The molecule has 6 aliphatic rings. The summed E-state index contributed by atoms with van der Waals surface area (Å²) >= 11 is 0. The molecule has 6 atom stereocenters. The van der Waals surface area contributed by atoms with Gasteiger partial charge in [0.25, 0.3) is 0 Å². The topological polar surface area (TPSA) is 52.6 Å². The zero-order chi connectivity index (χ0) is 17.1. The summed E-state index contributed by atoms with van der Waals surface area (Å²) in [5.74, 6) is 2.30. The van der Waals surface area contributed by atoms with Crippen LogP contribution in [0.1, 0.15) is 47.0 Å². The third-order valence-electron chi connectivity index (χ3n) is 8.85. The van der Waals surface area contributed by atoms with E-state index in [1.165, 1.54) is 6.42 Å². The first-order valence-corrected chi connectivity index (χ1v) is 9.66. The quantitative estimate of drug-likeness (QED) is 0.728. The number of carbonyl (C=O) groups excluding carboxylic acids is 2. The molecule has 4 saturated carbocycles. The van der Waals surface area contributed by atoms with E-state index in [0.717, 1.165) is 12.8 Å². The van der Waals surface area contributed by atoms with Crippen LogP contribution in [0, 0.1) is 29.1 Å². The Morgan fingerprint density at radius 2 is 1.62 bits per heavy atom. The molecule has 4 aliphatic carbocycles. The molecule has 0 N–H and O–H groups in total. The lowest BCUT2D eigenvalue weighted by Crippen LogP contribution is -2.73. The molecular weight excluding hydrogens is 305 g/mol. The fourth-order valence-electron chi connectivity index (χ4n) is 7.27. The zero-order valence-corrected chi connectivity index (χ0v) is 15.2. The molecule has 0 aromatic rings. The van der Waals surface area contributed by atoms with Gasteiger partial charge >= 0.3 is 18.6 Å². The van der Waals surface area contributed by atoms with E-state index < -0.39 is 6.69 Å². The number of carbonyl (C=O) groups is 2. The number of nitrogens with zero attached hydrogens (tertiary/aromatic N) is 1. The molecule has 0 amide bonds. The minimum Gasteiger partial charge on any atom is -0.600 e. The number of rotatable bonds is 2. The predicted molar refractivity (Wildman–Crippen MR) is 88.4 cm³/mol. The van der Waals surface area contributed by atoms with E-state index in [-0.39, 0.29) is 17.8 Å². The number of fused-ring (bicyclic) bond motifs is 4. The van der Waals surface area contributed by atoms with Crippen molar-refractivity contribution >= 4 is 18.6 Å². The van der Waals surface area contributed by atoms with Crippen molar-refractivity contribution < 1.29 is 23.3 Å². The molecule has 5 nitrogen and oxygen atoms in total. The van der Waals surface area contributed by atoms with Gasteiger partial charge in [0.05, 0.1) is 6.04 Å². The summed E-state index contributed by atoms with van der Waals surface area (Å²) in [6.07, 6.45) is 3.41. The van der Waals surface area contributed by atoms with E-state index in [9.17, 15) is 9.59 Å². The minimum absolute atomic E-state index is 0.160. The maximum Gasteiger partial charge on any atom is 0.587 e. The van der Waals surface area contributed by atoms with Crippen molar-refractivity contribution in [2.24, 2.45) is 29.1 Å². The summed E-state index contributed by atoms with van der Waals surface area (Å²) in [5.41, 5.74) is 0.395. The highest BCUT2D eigenvalue weighted by molar-refractivity contribution is 6.68. The summed E-state index contributed by atoms with van der Waals surface area (Å²) in [4.78, 5) is 24.7. The smallest absolute Gasteiger partial charge is 0.587 e. The molecule has 6 heteroatoms. The molecule has 0 spiro atoms. The Balaban J connectivity index is 1.58. The van der Waals surface area contributed by atoms with Crippen LogP contribution in [0.5, 0.6) is 0 Å². The van der Waals surface area contributed by atoms with Gasteiger partial charge in [0.15, 0.2) is 0 Å². The van der Waals surface area contributed by atoms with Crippen LogP contribution in [-0.4, -0.2) is 42.2 Å². The molecule has 2 heterocycles. The Bertz CT molecular complexity index is 627. The summed E-state index contributed by atoms with van der Waals surface area (Å²) in [7, 11) is 0. The third kappa shape index (κ3) is 1.53. The van der Waals surface area contributed by atoms with Crippen LogP contribution in [0.3, 0.4) is 0 Å². The van der Waals surface area contributed by atoms with Crippen molar-refractivity contribution in [3.8, 4) is 0 Å². The van der Waals surface area contributed by atoms with Crippen LogP contribution in [0.2, 0.25) is 5.82 Å². The Morgan fingerprint density at radius 3 is 2.08 bits per heavy atom. The normalized spacial score (nSPS) is 57.0. The van der Waals surface area contributed by atoms with E-state index in [1.807, 2.05) is 0 Å². The zero-order valence-electron chi connectivity index (χ0n) is 15.2. The Hall–Kier alpha value is -1.04. The van der Waals surface area contributed by atoms with Crippen molar-refractivity contribution in [1.29, 1.82) is 0 Å². The fourth-order valence-corrected chi connectivity index (χ4v) is 7.27. The molecule has 2 saturated heterocycles. The molecule has 6 rings (SSSR count). The van der Waals surface area contributed by atoms with E-state index in [2.05, 4.69) is 27.7 Å². The van der Waals surface area contributed by atoms with Gasteiger partial charge in [-0.2, -0.15) is 0 Å². The SMILES string of the molecule is C[C@@H]1C[C@H]1[B-]12OC(=O)C[N+]1([C@@H]1CC3CC([C@@H]1C)C3(C)C)CC(=O)O2. The minimum atomic E-state index is -1.84. The monoisotopic (exact) mass is 333 g/mol. The molecule has 132 valence electrons. The average Bonchev–Trinajstić information content (AvgIpc) is 3.06. The summed E-state index contributed by atoms with van der Waals surface area (Å²) < 4.78 is 12.3. The second-order valence-electron chi connectivity index (χ2n) is 10.0. The molecule has 2 aliphatic heterocycles. The van der Waals surface area contributed by atoms with Gasteiger partial charge in [0.2, 0.25) is 0 Å². The van der Waals surface area contributed by atoms with Crippen molar-refractivity contribution in [2.75, 3.05) is 13.1 Å². The number of hydrogen-bond acceptors (Lipinski definition) is 4. The summed E-state index contributed by atoms with van der Waals surface area (Å²) in [6.45, 7) is 8.12. The fraction of sp³-hybridized carbons (Fsp3) is 0.889. The van der Waals surface area contributed by atoms with Gasteiger partial charge < -0.3 is 13.7 Å². The maximum absolute atomic E-state index is 12.4. The second-order valence-corrected chi connectivity index (χ2v) is 10.0. The van der Waals surface area contributed by atoms with Gasteiger partial charge in [0.1, 0.15) is 13.1 Å². The van der Waals surface area contributed by atoms with E-state index >= 15 is 0 Å². The van der Waals surface area contributed by atoms with Crippen LogP contribution < -0.4 is 0 Å². The van der Waals surface area contributed by atoms with Gasteiger partial charge in [-0.25, -0.2) is 0 Å². The third-order valence-corrected chi connectivity index (χ3v) is 8.85. The van der Waals surface area contributed by atoms with Gasteiger partial charge in [-0.1, -0.05) is 40.0 Å². The Morgan fingerprint density at radius 1 is 1.04 bits per heavy atom. The van der Waals surface area contributed by atoms with Crippen LogP contribution in [0.25, 0.3) is 0 Å². The van der Waals surface area contributed by atoms with Crippen molar-refractivity contribution in [3.05, 3.63) is 0 Å². The van der Waals surface area contributed by atoms with Crippen LogP contribution >= 0.6 is 0 Å². The summed E-state index contributed by atoms with van der Waals surface area (Å²) in [6, 6.07) is 0.326. The number of hydrogen-bond donors (Lipinski definition) is 0. The van der Waals surface area contributed by atoms with Crippen LogP contribution in [0.15, 0.2) is 0 Å². The largest absolute Gasteiger partial charge is 0.600 e. The highest BCUT2D eigenvalue weighted by Gasteiger charge is 2.78. The molecule has 0 radical (unpaired) electrons. The van der Waals surface area contributed by atoms with Gasteiger partial charge in [-0.15, -0.1) is 0 Å². The van der Waals surface area contributed by atoms with Crippen molar-refractivity contribution in [3.63, 3.8) is 0 Å². The van der Waals surface area contributed by atoms with Gasteiger partial charge in [0, 0.05) is 5.92 Å². The highest BCUT2D eigenvalue weighted by atomic mass is 16.7. The highest BCUT2D eigenvalue weighted by Crippen LogP contribution is 2.66. The molecule has 0 aromatic carbocycles. The van der Waals surface area contributed by atoms with E-state index in [1.54, 1.807) is 0 Å². The van der Waals surface area contributed by atoms with Crippen LogP contribution in [0.4, 0.5) is 0 Å². The molecule has 2 unspecified atom stereocenters. The molecule has 0 aromatic heterocycles.